The first kappa shape index (κ1) is 17.1. The molecule has 1 aliphatic rings. The van der Waals surface area contributed by atoms with E-state index < -0.39 is 0 Å². The second-order valence-electron chi connectivity index (χ2n) is 6.26. The van der Waals surface area contributed by atoms with Gasteiger partial charge in [0, 0.05) is 38.8 Å². The van der Waals surface area contributed by atoms with Crippen molar-refractivity contribution in [2.24, 2.45) is 5.92 Å². The van der Waals surface area contributed by atoms with Gasteiger partial charge in [-0.1, -0.05) is 11.2 Å². The van der Waals surface area contributed by atoms with Crippen LogP contribution in [0.15, 0.2) is 35.0 Å². The third-order valence-corrected chi connectivity index (χ3v) is 4.49. The zero-order valence-electron chi connectivity index (χ0n) is 14.5. The largest absolute Gasteiger partial charge is 0.359 e. The molecule has 2 amide bonds. The lowest BCUT2D eigenvalue weighted by Crippen LogP contribution is -2.45. The molecule has 2 aromatic rings. The van der Waals surface area contributed by atoms with E-state index in [0.717, 1.165) is 5.69 Å². The number of amides is 2. The lowest BCUT2D eigenvalue weighted by Gasteiger charge is -2.32. The van der Waals surface area contributed by atoms with Crippen LogP contribution < -0.4 is 0 Å². The van der Waals surface area contributed by atoms with Crippen LogP contribution in [0.5, 0.6) is 0 Å². The summed E-state index contributed by atoms with van der Waals surface area (Å²) >= 11 is 0. The van der Waals surface area contributed by atoms with Crippen LogP contribution in [0.2, 0.25) is 0 Å². The number of pyridine rings is 1. The molecule has 2 aromatic heterocycles. The van der Waals surface area contributed by atoms with Gasteiger partial charge in [-0.25, -0.2) is 0 Å². The molecule has 1 fully saturated rings. The molecule has 1 saturated heterocycles. The zero-order chi connectivity index (χ0) is 17.8. The summed E-state index contributed by atoms with van der Waals surface area (Å²) in [5.74, 6) is 0.614. The lowest BCUT2D eigenvalue weighted by molar-refractivity contribution is -0.142. The summed E-state index contributed by atoms with van der Waals surface area (Å²) in [6.45, 7) is 3.41. The van der Waals surface area contributed by atoms with E-state index >= 15 is 0 Å². The van der Waals surface area contributed by atoms with E-state index in [2.05, 4.69) is 10.1 Å². The quantitative estimate of drug-likeness (QED) is 0.830. The van der Waals surface area contributed by atoms with Gasteiger partial charge >= 0.3 is 0 Å². The standard InChI is InChI=1S/C18H22N4O3/c1-3-22-11-13(7-8-17(22)23)18(24)21(2)12-14-10-16(20-25-14)15-6-4-5-9-19-15/h4-6,9-10,13H,3,7-8,11-12H2,1-2H3/t13-/m1/s1. The maximum atomic E-state index is 12.7. The fourth-order valence-electron chi connectivity index (χ4n) is 3.07. The maximum absolute atomic E-state index is 12.7. The first-order valence-corrected chi connectivity index (χ1v) is 8.48. The van der Waals surface area contributed by atoms with Crippen molar-refractivity contribution in [3.63, 3.8) is 0 Å². The van der Waals surface area contributed by atoms with E-state index in [1.54, 1.807) is 29.1 Å². The van der Waals surface area contributed by atoms with Crippen LogP contribution >= 0.6 is 0 Å². The Kier molecular flexibility index (Phi) is 5.11. The van der Waals surface area contributed by atoms with Crippen molar-refractivity contribution in [2.75, 3.05) is 20.1 Å². The first-order valence-electron chi connectivity index (χ1n) is 8.48. The Bertz CT molecular complexity index is 744. The van der Waals surface area contributed by atoms with Gasteiger partial charge in [-0.05, 0) is 25.5 Å². The van der Waals surface area contributed by atoms with Crippen molar-refractivity contribution >= 4 is 11.8 Å². The fraction of sp³-hybridized carbons (Fsp3) is 0.444. The maximum Gasteiger partial charge on any atom is 0.227 e. The molecule has 0 radical (unpaired) electrons. The molecule has 3 heterocycles. The third-order valence-electron chi connectivity index (χ3n) is 4.49. The van der Waals surface area contributed by atoms with Crippen molar-refractivity contribution < 1.29 is 14.1 Å². The summed E-state index contributed by atoms with van der Waals surface area (Å²) in [6.07, 6.45) is 2.74. The molecule has 0 N–H and O–H groups in total. The van der Waals surface area contributed by atoms with Crippen LogP contribution in [0, 0.1) is 5.92 Å². The topological polar surface area (TPSA) is 79.5 Å². The van der Waals surface area contributed by atoms with Crippen LogP contribution in [-0.4, -0.2) is 51.9 Å². The molecule has 7 heteroatoms. The van der Waals surface area contributed by atoms with E-state index in [4.69, 9.17) is 4.52 Å². The van der Waals surface area contributed by atoms with Crippen molar-refractivity contribution in [1.29, 1.82) is 0 Å². The zero-order valence-corrected chi connectivity index (χ0v) is 14.5. The van der Waals surface area contributed by atoms with Crippen LogP contribution in [0.1, 0.15) is 25.5 Å². The SMILES string of the molecule is CCN1C[C@H](C(=O)N(C)Cc2cc(-c3ccccn3)no2)CCC1=O. The predicted octanol–water partition coefficient (Wildman–Crippen LogP) is 1.95. The van der Waals surface area contributed by atoms with Gasteiger partial charge in [0.1, 0.15) is 5.69 Å². The predicted molar refractivity (Wildman–Crippen MR) is 91.2 cm³/mol. The summed E-state index contributed by atoms with van der Waals surface area (Å²) in [6, 6.07) is 7.38. The second kappa shape index (κ2) is 7.46. The number of piperidine rings is 1. The Morgan fingerprint density at radius 1 is 1.40 bits per heavy atom. The van der Waals surface area contributed by atoms with Crippen LogP contribution in [0.4, 0.5) is 0 Å². The van der Waals surface area contributed by atoms with Crippen molar-refractivity contribution in [2.45, 2.75) is 26.3 Å². The molecule has 0 saturated carbocycles. The molecule has 0 aliphatic carbocycles. The van der Waals surface area contributed by atoms with Gasteiger partial charge in [-0.15, -0.1) is 0 Å². The monoisotopic (exact) mass is 342 g/mol. The van der Waals surface area contributed by atoms with Gasteiger partial charge in [0.2, 0.25) is 11.8 Å². The third kappa shape index (κ3) is 3.87. The van der Waals surface area contributed by atoms with Gasteiger partial charge in [-0.3, -0.25) is 14.6 Å². The minimum Gasteiger partial charge on any atom is -0.359 e. The highest BCUT2D eigenvalue weighted by molar-refractivity contribution is 5.83. The number of hydrogen-bond acceptors (Lipinski definition) is 5. The number of aromatic nitrogens is 2. The number of rotatable bonds is 5. The van der Waals surface area contributed by atoms with Crippen LogP contribution in [0.25, 0.3) is 11.4 Å². The molecule has 1 aliphatic heterocycles. The Balaban J connectivity index is 1.62. The van der Waals surface area contributed by atoms with Gasteiger partial charge in [0.05, 0.1) is 18.2 Å². The highest BCUT2D eigenvalue weighted by Crippen LogP contribution is 2.21. The van der Waals surface area contributed by atoms with Crippen LogP contribution in [-0.2, 0) is 16.1 Å². The highest BCUT2D eigenvalue weighted by atomic mass is 16.5. The molecule has 132 valence electrons. The smallest absolute Gasteiger partial charge is 0.227 e. The molecule has 0 spiro atoms. The summed E-state index contributed by atoms with van der Waals surface area (Å²) in [5.41, 5.74) is 1.38. The number of nitrogens with zero attached hydrogens (tertiary/aromatic N) is 4. The summed E-state index contributed by atoms with van der Waals surface area (Å²) in [4.78, 5) is 32.0. The Morgan fingerprint density at radius 2 is 2.24 bits per heavy atom. The Labute approximate surface area is 146 Å². The Hall–Kier alpha value is -2.70. The minimum atomic E-state index is -0.152. The number of carbonyl (C=O) groups is 2. The fourth-order valence-corrected chi connectivity index (χ4v) is 3.07. The van der Waals surface area contributed by atoms with E-state index in [9.17, 15) is 9.59 Å². The highest BCUT2D eigenvalue weighted by Gasteiger charge is 2.31. The molecule has 0 bridgehead atoms. The van der Waals surface area contributed by atoms with Gasteiger partial charge in [0.25, 0.3) is 0 Å². The molecular weight excluding hydrogens is 320 g/mol. The number of likely N-dealkylation sites (tertiary alicyclic amines) is 1. The average Bonchev–Trinajstić information content (AvgIpc) is 3.10. The second-order valence-corrected chi connectivity index (χ2v) is 6.26. The van der Waals surface area contributed by atoms with E-state index in [1.807, 2.05) is 25.1 Å². The van der Waals surface area contributed by atoms with E-state index in [-0.39, 0.29) is 17.7 Å². The molecule has 25 heavy (non-hydrogen) atoms. The van der Waals surface area contributed by atoms with Crippen molar-refractivity contribution in [3.05, 3.63) is 36.2 Å². The van der Waals surface area contributed by atoms with Crippen molar-refractivity contribution in [3.8, 4) is 11.4 Å². The molecule has 7 nitrogen and oxygen atoms in total. The summed E-state index contributed by atoms with van der Waals surface area (Å²) in [5, 5.41) is 4.02. The average molecular weight is 342 g/mol. The van der Waals surface area contributed by atoms with E-state index in [1.165, 1.54) is 0 Å². The molecule has 0 unspecified atom stereocenters. The molecular formula is C18H22N4O3. The lowest BCUT2D eigenvalue weighted by atomic mass is 9.96. The van der Waals surface area contributed by atoms with Crippen LogP contribution in [0.3, 0.4) is 0 Å². The number of hydrogen-bond donors (Lipinski definition) is 0. The van der Waals surface area contributed by atoms with E-state index in [0.29, 0.717) is 43.9 Å². The van der Waals surface area contributed by atoms with Gasteiger partial charge < -0.3 is 14.3 Å². The Morgan fingerprint density at radius 3 is 2.96 bits per heavy atom. The molecule has 3 rings (SSSR count). The first-order chi connectivity index (χ1) is 12.1. The number of carbonyl (C=O) groups excluding carboxylic acids is 2. The van der Waals surface area contributed by atoms with Gasteiger partial charge in [0.15, 0.2) is 5.76 Å². The molecule has 1 atom stereocenters. The minimum absolute atomic E-state index is 0.0294. The van der Waals surface area contributed by atoms with Gasteiger partial charge in [-0.2, -0.15) is 0 Å². The molecule has 0 aromatic carbocycles. The van der Waals surface area contributed by atoms with Crippen molar-refractivity contribution in [1.82, 2.24) is 19.9 Å². The summed E-state index contributed by atoms with van der Waals surface area (Å²) < 4.78 is 5.34. The summed E-state index contributed by atoms with van der Waals surface area (Å²) in [7, 11) is 1.75. The normalized spacial score (nSPS) is 17.6.